The van der Waals surface area contributed by atoms with Crippen LogP contribution < -0.4 is 4.74 Å². The van der Waals surface area contributed by atoms with Crippen molar-refractivity contribution in [2.45, 2.75) is 64.7 Å². The molecule has 0 bridgehead atoms. The molecule has 32 heavy (non-hydrogen) atoms. The van der Waals surface area contributed by atoms with Gasteiger partial charge < -0.3 is 4.74 Å². The number of esters is 1. The summed E-state index contributed by atoms with van der Waals surface area (Å²) in [6.07, 6.45) is 10.6. The molecule has 0 spiro atoms. The minimum atomic E-state index is -1.15. The SMILES string of the molecule is CCCC[C@H]1CC[C@H](CCc2ccc(C(=O)Oc3cc(F)c(C#N)c(F)c3)c(F)c2)CC1. The number of rotatable bonds is 8. The fourth-order valence-corrected chi connectivity index (χ4v) is 4.43. The summed E-state index contributed by atoms with van der Waals surface area (Å²) in [6, 6.07) is 7.18. The highest BCUT2D eigenvalue weighted by molar-refractivity contribution is 5.91. The molecule has 0 aliphatic heterocycles. The second-order valence-electron chi connectivity index (χ2n) is 8.65. The Morgan fingerprint density at radius 2 is 1.62 bits per heavy atom. The first-order chi connectivity index (χ1) is 15.4. The average Bonchev–Trinajstić information content (AvgIpc) is 2.76. The summed E-state index contributed by atoms with van der Waals surface area (Å²) in [5, 5.41) is 8.69. The second-order valence-corrected chi connectivity index (χ2v) is 8.65. The lowest BCUT2D eigenvalue weighted by Crippen LogP contribution is -2.15. The van der Waals surface area contributed by atoms with Crippen molar-refractivity contribution in [2.24, 2.45) is 11.8 Å². The highest BCUT2D eigenvalue weighted by atomic mass is 19.1. The lowest BCUT2D eigenvalue weighted by atomic mass is 9.78. The first-order valence-corrected chi connectivity index (χ1v) is 11.3. The number of nitrogens with zero attached hydrogens (tertiary/aromatic N) is 1. The number of benzene rings is 2. The Morgan fingerprint density at radius 1 is 1.00 bits per heavy atom. The predicted molar refractivity (Wildman–Crippen MR) is 116 cm³/mol. The molecule has 0 N–H and O–H groups in total. The van der Waals surface area contributed by atoms with Gasteiger partial charge >= 0.3 is 5.97 Å². The third-order valence-electron chi connectivity index (χ3n) is 6.36. The molecule has 6 heteroatoms. The fourth-order valence-electron chi connectivity index (χ4n) is 4.43. The first-order valence-electron chi connectivity index (χ1n) is 11.3. The van der Waals surface area contributed by atoms with Crippen molar-refractivity contribution in [3.63, 3.8) is 0 Å². The van der Waals surface area contributed by atoms with E-state index in [1.165, 1.54) is 63.1 Å². The van der Waals surface area contributed by atoms with Gasteiger partial charge in [-0.2, -0.15) is 5.26 Å². The molecule has 3 rings (SSSR count). The molecule has 0 atom stereocenters. The van der Waals surface area contributed by atoms with Crippen LogP contribution in [-0.4, -0.2) is 5.97 Å². The van der Waals surface area contributed by atoms with Crippen LogP contribution in [0, 0.1) is 40.6 Å². The van der Waals surface area contributed by atoms with E-state index in [-0.39, 0.29) is 5.56 Å². The Morgan fingerprint density at radius 3 is 2.19 bits per heavy atom. The number of ether oxygens (including phenoxy) is 1. The van der Waals surface area contributed by atoms with Gasteiger partial charge in [-0.05, 0) is 42.4 Å². The van der Waals surface area contributed by atoms with Crippen LogP contribution in [0.25, 0.3) is 0 Å². The number of halogens is 3. The van der Waals surface area contributed by atoms with Crippen LogP contribution in [0.5, 0.6) is 5.75 Å². The van der Waals surface area contributed by atoms with Crippen molar-refractivity contribution < 1.29 is 22.7 Å². The van der Waals surface area contributed by atoms with E-state index in [1.54, 1.807) is 6.07 Å². The molecule has 1 aliphatic carbocycles. The number of carbonyl (C=O) groups is 1. The molecule has 0 aromatic heterocycles. The minimum Gasteiger partial charge on any atom is -0.423 e. The Balaban J connectivity index is 1.55. The maximum Gasteiger partial charge on any atom is 0.346 e. The van der Waals surface area contributed by atoms with E-state index >= 15 is 0 Å². The van der Waals surface area contributed by atoms with Crippen LogP contribution in [0.2, 0.25) is 0 Å². The molecular weight excluding hydrogens is 415 g/mol. The molecule has 0 heterocycles. The Hall–Kier alpha value is -2.81. The van der Waals surface area contributed by atoms with E-state index in [9.17, 15) is 18.0 Å². The molecular formula is C26H28F3NO2. The maximum absolute atomic E-state index is 14.5. The van der Waals surface area contributed by atoms with Crippen LogP contribution in [-0.2, 0) is 6.42 Å². The molecule has 2 aromatic rings. The molecule has 170 valence electrons. The normalized spacial score (nSPS) is 18.2. The van der Waals surface area contributed by atoms with Gasteiger partial charge in [-0.15, -0.1) is 0 Å². The van der Waals surface area contributed by atoms with Gasteiger partial charge in [0.25, 0.3) is 0 Å². The van der Waals surface area contributed by atoms with Gasteiger partial charge in [-0.25, -0.2) is 18.0 Å². The summed E-state index contributed by atoms with van der Waals surface area (Å²) >= 11 is 0. The van der Waals surface area contributed by atoms with Crippen LogP contribution >= 0.6 is 0 Å². The van der Waals surface area contributed by atoms with E-state index < -0.39 is 34.7 Å². The topological polar surface area (TPSA) is 50.1 Å². The number of aryl methyl sites for hydroxylation is 1. The zero-order valence-electron chi connectivity index (χ0n) is 18.3. The molecule has 0 radical (unpaired) electrons. The van der Waals surface area contributed by atoms with Crippen LogP contribution in [0.3, 0.4) is 0 Å². The van der Waals surface area contributed by atoms with Gasteiger partial charge in [0.1, 0.15) is 34.8 Å². The van der Waals surface area contributed by atoms with Crippen molar-refractivity contribution in [3.05, 3.63) is 64.5 Å². The zero-order valence-corrected chi connectivity index (χ0v) is 18.3. The van der Waals surface area contributed by atoms with E-state index in [1.807, 2.05) is 0 Å². The summed E-state index contributed by atoms with van der Waals surface area (Å²) in [5.74, 6) is -3.00. The molecule has 0 amide bonds. The summed E-state index contributed by atoms with van der Waals surface area (Å²) in [7, 11) is 0. The van der Waals surface area contributed by atoms with Gasteiger partial charge in [0, 0.05) is 12.1 Å². The molecule has 2 aromatic carbocycles. The highest BCUT2D eigenvalue weighted by Gasteiger charge is 2.21. The van der Waals surface area contributed by atoms with Gasteiger partial charge in [0.15, 0.2) is 0 Å². The summed E-state index contributed by atoms with van der Waals surface area (Å²) in [4.78, 5) is 12.3. The quantitative estimate of drug-likeness (QED) is 0.322. The number of nitriles is 1. The Labute approximate surface area is 187 Å². The van der Waals surface area contributed by atoms with Crippen molar-refractivity contribution in [3.8, 4) is 11.8 Å². The number of hydrogen-bond acceptors (Lipinski definition) is 3. The van der Waals surface area contributed by atoms with Crippen molar-refractivity contribution in [1.29, 1.82) is 5.26 Å². The lowest BCUT2D eigenvalue weighted by Gasteiger charge is -2.28. The summed E-state index contributed by atoms with van der Waals surface area (Å²) < 4.78 is 46.8. The largest absolute Gasteiger partial charge is 0.423 e. The van der Waals surface area contributed by atoms with Gasteiger partial charge in [-0.3, -0.25) is 0 Å². The number of hydrogen-bond donors (Lipinski definition) is 0. The monoisotopic (exact) mass is 443 g/mol. The van der Waals surface area contributed by atoms with Crippen LogP contribution in [0.4, 0.5) is 13.2 Å². The number of carbonyl (C=O) groups excluding carboxylic acids is 1. The standard InChI is InChI=1S/C26H28F3NO2/c1-2-3-4-17-5-7-18(8-6-17)9-10-19-11-12-21(23(27)13-19)26(31)32-20-14-24(28)22(16-30)25(29)15-20/h11-15,17-18H,2-10H2,1H3/t17-,18-. The predicted octanol–water partition coefficient (Wildman–Crippen LogP) is 7.12. The molecule has 0 saturated heterocycles. The molecule has 1 aliphatic rings. The third kappa shape index (κ3) is 6.12. The molecule has 1 fully saturated rings. The van der Waals surface area contributed by atoms with Crippen molar-refractivity contribution in [2.75, 3.05) is 0 Å². The number of unbranched alkanes of at least 4 members (excludes halogenated alkanes) is 1. The minimum absolute atomic E-state index is 0.310. The third-order valence-corrected chi connectivity index (χ3v) is 6.36. The van der Waals surface area contributed by atoms with E-state index in [0.717, 1.165) is 36.5 Å². The maximum atomic E-state index is 14.5. The molecule has 0 unspecified atom stereocenters. The highest BCUT2D eigenvalue weighted by Crippen LogP contribution is 2.34. The Kier molecular flexibility index (Phi) is 8.33. The Bertz CT molecular complexity index is 968. The lowest BCUT2D eigenvalue weighted by molar-refractivity contribution is 0.0729. The van der Waals surface area contributed by atoms with Gasteiger partial charge in [0.2, 0.25) is 0 Å². The summed E-state index contributed by atoms with van der Waals surface area (Å²) in [6.45, 7) is 2.22. The zero-order chi connectivity index (χ0) is 23.1. The van der Waals surface area contributed by atoms with E-state index in [0.29, 0.717) is 5.92 Å². The van der Waals surface area contributed by atoms with Crippen LogP contribution in [0.1, 0.15) is 79.8 Å². The van der Waals surface area contributed by atoms with Gasteiger partial charge in [-0.1, -0.05) is 57.9 Å². The summed E-state index contributed by atoms with van der Waals surface area (Å²) in [5.41, 5.74) is -0.271. The van der Waals surface area contributed by atoms with Crippen molar-refractivity contribution >= 4 is 5.97 Å². The fraction of sp³-hybridized carbons (Fsp3) is 0.462. The second kappa shape index (κ2) is 11.2. The van der Waals surface area contributed by atoms with Crippen LogP contribution in [0.15, 0.2) is 30.3 Å². The smallest absolute Gasteiger partial charge is 0.346 e. The van der Waals surface area contributed by atoms with Crippen molar-refractivity contribution in [1.82, 2.24) is 0 Å². The first kappa shape index (κ1) is 23.8. The molecule has 1 saturated carbocycles. The average molecular weight is 444 g/mol. The molecule has 3 nitrogen and oxygen atoms in total. The van der Waals surface area contributed by atoms with Gasteiger partial charge in [0.05, 0.1) is 5.56 Å². The van der Waals surface area contributed by atoms with E-state index in [4.69, 9.17) is 10.00 Å². The van der Waals surface area contributed by atoms with E-state index in [2.05, 4.69) is 6.92 Å².